The fraction of sp³-hybridized carbons (Fsp3) is 0.409. The smallest absolute Gasteiger partial charge is 0.251 e. The van der Waals surface area contributed by atoms with Gasteiger partial charge in [0, 0.05) is 12.1 Å². The maximum atomic E-state index is 12.4. The number of rotatable bonds is 9. The molecule has 1 N–H and O–H groups in total. The predicted molar refractivity (Wildman–Crippen MR) is 117 cm³/mol. The first-order chi connectivity index (χ1) is 13.9. The third-order valence-corrected chi connectivity index (χ3v) is 6.26. The highest BCUT2D eigenvalue weighted by Gasteiger charge is 2.18. The summed E-state index contributed by atoms with van der Waals surface area (Å²) >= 11 is 0. The second-order valence-corrected chi connectivity index (χ2v) is 9.37. The van der Waals surface area contributed by atoms with Gasteiger partial charge in [-0.2, -0.15) is 0 Å². The molecule has 1 heterocycles. The molecule has 0 radical (unpaired) electrons. The highest BCUT2D eigenvalue weighted by atomic mass is 32.2. The summed E-state index contributed by atoms with van der Waals surface area (Å²) < 4.78 is 25.9. The van der Waals surface area contributed by atoms with Crippen molar-refractivity contribution in [2.75, 3.05) is 36.7 Å². The van der Waals surface area contributed by atoms with Crippen molar-refractivity contribution in [2.24, 2.45) is 0 Å². The molecule has 0 aromatic heterocycles. The Bertz CT molecular complexity index is 893. The van der Waals surface area contributed by atoms with Crippen LogP contribution >= 0.6 is 0 Å². The maximum absolute atomic E-state index is 12.4. The van der Waals surface area contributed by atoms with Crippen molar-refractivity contribution in [1.82, 2.24) is 10.2 Å². The van der Waals surface area contributed by atoms with Gasteiger partial charge in [-0.3, -0.25) is 9.10 Å². The molecule has 156 valence electrons. The fourth-order valence-electron chi connectivity index (χ4n) is 3.54. The summed E-state index contributed by atoms with van der Waals surface area (Å²) in [6, 6.07) is 16.2. The van der Waals surface area contributed by atoms with E-state index >= 15 is 0 Å². The summed E-state index contributed by atoms with van der Waals surface area (Å²) in [5.74, 6) is -0.132. The zero-order valence-electron chi connectivity index (χ0n) is 16.9. The van der Waals surface area contributed by atoms with Gasteiger partial charge < -0.3 is 10.2 Å². The number of amides is 1. The van der Waals surface area contributed by atoms with E-state index in [0.717, 1.165) is 31.6 Å². The average molecular weight is 416 g/mol. The van der Waals surface area contributed by atoms with Gasteiger partial charge in [0.25, 0.3) is 5.91 Å². The van der Waals surface area contributed by atoms with Crippen molar-refractivity contribution in [3.8, 4) is 0 Å². The summed E-state index contributed by atoms with van der Waals surface area (Å²) in [7, 11) is -3.45. The van der Waals surface area contributed by atoms with E-state index in [2.05, 4.69) is 10.2 Å². The molecule has 6 nitrogen and oxygen atoms in total. The number of carbonyl (C=O) groups excluding carboxylic acids is 1. The van der Waals surface area contributed by atoms with Gasteiger partial charge in [-0.15, -0.1) is 0 Å². The number of nitrogens with zero attached hydrogens (tertiary/aromatic N) is 2. The zero-order valence-corrected chi connectivity index (χ0v) is 17.7. The van der Waals surface area contributed by atoms with Crippen molar-refractivity contribution < 1.29 is 13.2 Å². The first-order valence-corrected chi connectivity index (χ1v) is 11.9. The predicted octanol–water partition coefficient (Wildman–Crippen LogP) is 2.87. The topological polar surface area (TPSA) is 69.7 Å². The zero-order chi connectivity index (χ0) is 20.7. The number of hydrogen-bond acceptors (Lipinski definition) is 4. The van der Waals surface area contributed by atoms with Gasteiger partial charge in [0.05, 0.1) is 18.5 Å². The van der Waals surface area contributed by atoms with Gasteiger partial charge in [-0.05, 0) is 68.7 Å². The number of benzene rings is 2. The van der Waals surface area contributed by atoms with Crippen molar-refractivity contribution in [2.45, 2.75) is 25.8 Å². The quantitative estimate of drug-likeness (QED) is 0.640. The number of nitrogens with one attached hydrogen (secondary N) is 1. The van der Waals surface area contributed by atoms with E-state index in [9.17, 15) is 13.2 Å². The van der Waals surface area contributed by atoms with E-state index in [4.69, 9.17) is 0 Å². The second-order valence-electron chi connectivity index (χ2n) is 7.46. The van der Waals surface area contributed by atoms with Gasteiger partial charge in [-0.1, -0.05) is 30.3 Å². The van der Waals surface area contributed by atoms with Crippen LogP contribution in [0.1, 0.15) is 35.2 Å². The SMILES string of the molecule is CS(=O)(=O)N(Cc1ccccc1)c1ccc(C(=O)NCCCN2CCCC2)cc1. The van der Waals surface area contributed by atoms with Gasteiger partial charge in [0.15, 0.2) is 0 Å². The molecule has 0 saturated carbocycles. The van der Waals surface area contributed by atoms with Crippen LogP contribution in [-0.2, 0) is 16.6 Å². The van der Waals surface area contributed by atoms with Gasteiger partial charge in [0.2, 0.25) is 10.0 Å². The summed E-state index contributed by atoms with van der Waals surface area (Å²) in [4.78, 5) is 14.8. The lowest BCUT2D eigenvalue weighted by atomic mass is 10.1. The Hall–Kier alpha value is -2.38. The normalized spacial score (nSPS) is 14.7. The lowest BCUT2D eigenvalue weighted by Crippen LogP contribution is -2.30. The molecule has 0 unspecified atom stereocenters. The maximum Gasteiger partial charge on any atom is 0.251 e. The molecule has 1 saturated heterocycles. The highest BCUT2D eigenvalue weighted by molar-refractivity contribution is 7.92. The lowest BCUT2D eigenvalue weighted by Gasteiger charge is -2.22. The minimum Gasteiger partial charge on any atom is -0.352 e. The van der Waals surface area contributed by atoms with Crippen LogP contribution in [0.2, 0.25) is 0 Å². The molecular weight excluding hydrogens is 386 g/mol. The molecule has 0 aliphatic carbocycles. The Balaban J connectivity index is 1.58. The molecule has 1 aliphatic rings. The Morgan fingerprint density at radius 3 is 2.31 bits per heavy atom. The molecule has 1 aliphatic heterocycles. The molecule has 0 spiro atoms. The molecule has 7 heteroatoms. The van der Waals surface area contributed by atoms with Crippen LogP contribution in [0.25, 0.3) is 0 Å². The molecule has 2 aromatic rings. The third kappa shape index (κ3) is 6.30. The Morgan fingerprint density at radius 1 is 1.03 bits per heavy atom. The van der Waals surface area contributed by atoms with Crippen LogP contribution in [0, 0.1) is 0 Å². The number of likely N-dealkylation sites (tertiary alicyclic amines) is 1. The Morgan fingerprint density at radius 2 is 1.69 bits per heavy atom. The number of sulfonamides is 1. The summed E-state index contributed by atoms with van der Waals surface area (Å²) in [6.07, 6.45) is 4.67. The number of anilines is 1. The van der Waals surface area contributed by atoms with E-state index < -0.39 is 10.0 Å². The van der Waals surface area contributed by atoms with E-state index in [-0.39, 0.29) is 12.5 Å². The average Bonchev–Trinajstić information content (AvgIpc) is 3.23. The van der Waals surface area contributed by atoms with Gasteiger partial charge in [0.1, 0.15) is 0 Å². The highest BCUT2D eigenvalue weighted by Crippen LogP contribution is 2.21. The lowest BCUT2D eigenvalue weighted by molar-refractivity contribution is 0.0952. The summed E-state index contributed by atoms with van der Waals surface area (Å²) in [5, 5.41) is 2.94. The van der Waals surface area contributed by atoms with Crippen LogP contribution in [-0.4, -0.2) is 51.7 Å². The van der Waals surface area contributed by atoms with Crippen LogP contribution < -0.4 is 9.62 Å². The van der Waals surface area contributed by atoms with Crippen LogP contribution in [0.5, 0.6) is 0 Å². The monoisotopic (exact) mass is 415 g/mol. The van der Waals surface area contributed by atoms with Gasteiger partial charge in [-0.25, -0.2) is 8.42 Å². The first kappa shape index (κ1) is 21.3. The van der Waals surface area contributed by atoms with E-state index in [1.54, 1.807) is 24.3 Å². The second kappa shape index (κ2) is 9.89. The largest absolute Gasteiger partial charge is 0.352 e. The van der Waals surface area contributed by atoms with Crippen LogP contribution in [0.4, 0.5) is 5.69 Å². The molecule has 0 bridgehead atoms. The molecule has 0 atom stereocenters. The summed E-state index contributed by atoms with van der Waals surface area (Å²) in [5.41, 5.74) is 1.97. The van der Waals surface area contributed by atoms with Crippen molar-refractivity contribution in [3.63, 3.8) is 0 Å². The summed E-state index contributed by atoms with van der Waals surface area (Å²) in [6.45, 7) is 4.23. The molecule has 1 fully saturated rings. The molecular formula is C22H29N3O3S. The van der Waals surface area contributed by atoms with Crippen LogP contribution in [0.15, 0.2) is 54.6 Å². The van der Waals surface area contributed by atoms with Crippen LogP contribution in [0.3, 0.4) is 0 Å². The fourth-order valence-corrected chi connectivity index (χ4v) is 4.43. The number of carbonyl (C=O) groups is 1. The van der Waals surface area contributed by atoms with E-state index in [0.29, 0.717) is 17.8 Å². The number of hydrogen-bond donors (Lipinski definition) is 1. The third-order valence-electron chi connectivity index (χ3n) is 5.12. The first-order valence-electron chi connectivity index (χ1n) is 10.1. The standard InChI is InChI=1S/C22H29N3O3S/c1-29(27,28)25(18-19-8-3-2-4-9-19)21-12-10-20(11-13-21)22(26)23-14-7-17-24-15-5-6-16-24/h2-4,8-13H,5-7,14-18H2,1H3,(H,23,26). The van der Waals surface area contributed by atoms with Crippen molar-refractivity contribution in [3.05, 3.63) is 65.7 Å². The molecule has 29 heavy (non-hydrogen) atoms. The Kier molecular flexibility index (Phi) is 7.28. The van der Waals surface area contributed by atoms with E-state index in [1.807, 2.05) is 30.3 Å². The molecule has 1 amide bonds. The Labute approximate surface area is 173 Å². The van der Waals surface area contributed by atoms with E-state index in [1.165, 1.54) is 23.4 Å². The minimum absolute atomic E-state index is 0.132. The minimum atomic E-state index is -3.45. The molecule has 3 rings (SSSR count). The van der Waals surface area contributed by atoms with Gasteiger partial charge >= 0.3 is 0 Å². The van der Waals surface area contributed by atoms with Crippen molar-refractivity contribution >= 4 is 21.6 Å². The molecule has 2 aromatic carbocycles. The van der Waals surface area contributed by atoms with Crippen molar-refractivity contribution in [1.29, 1.82) is 0 Å².